The normalized spacial score (nSPS) is 10.2. The summed E-state index contributed by atoms with van der Waals surface area (Å²) in [6.45, 7) is 0.848. The number of hydrogen-bond donors (Lipinski definition) is 1. The molecule has 2 aromatic carbocycles. The number of methoxy groups -OCH3 is 2. The molecule has 0 aromatic heterocycles. The summed E-state index contributed by atoms with van der Waals surface area (Å²) in [5, 5.41) is 4.21. The molecule has 2 aromatic rings. The van der Waals surface area contributed by atoms with Crippen LogP contribution < -0.4 is 19.6 Å². The summed E-state index contributed by atoms with van der Waals surface area (Å²) in [7, 11) is 3.23. The fourth-order valence-corrected chi connectivity index (χ4v) is 2.02. The molecule has 0 saturated carbocycles. The van der Waals surface area contributed by atoms with Gasteiger partial charge in [-0.1, -0.05) is 12.0 Å². The summed E-state index contributed by atoms with van der Waals surface area (Å²) in [5.41, 5.74) is 5.01. The van der Waals surface area contributed by atoms with Crippen molar-refractivity contribution in [1.82, 2.24) is 5.43 Å². The molecule has 0 saturated heterocycles. The van der Waals surface area contributed by atoms with Crippen LogP contribution in [0.2, 0.25) is 0 Å². The van der Waals surface area contributed by atoms with Gasteiger partial charge in [0.05, 0.1) is 27.0 Å². The maximum absolute atomic E-state index is 5.32. The molecule has 5 nitrogen and oxygen atoms in total. The molecule has 0 radical (unpaired) electrons. The van der Waals surface area contributed by atoms with Crippen molar-refractivity contribution in [2.75, 3.05) is 20.8 Å². The first-order chi connectivity index (χ1) is 11.8. The van der Waals surface area contributed by atoms with E-state index in [-0.39, 0.29) is 6.61 Å². The van der Waals surface area contributed by atoms with Gasteiger partial charge in [-0.2, -0.15) is 5.10 Å². The van der Waals surface area contributed by atoms with Crippen molar-refractivity contribution in [3.8, 4) is 29.6 Å². The number of rotatable bonds is 8. The lowest BCUT2D eigenvalue weighted by Crippen LogP contribution is -2.06. The summed E-state index contributed by atoms with van der Waals surface area (Å²) >= 11 is 0. The molecule has 2 rings (SSSR count). The number of nitrogens with zero attached hydrogens (tertiary/aromatic N) is 1. The Morgan fingerprint density at radius 1 is 1.08 bits per heavy atom. The first kappa shape index (κ1) is 17.2. The van der Waals surface area contributed by atoms with Gasteiger partial charge in [0.15, 0.2) is 11.5 Å². The first-order valence-corrected chi connectivity index (χ1v) is 7.40. The van der Waals surface area contributed by atoms with Crippen molar-refractivity contribution in [3.05, 3.63) is 53.6 Å². The topological polar surface area (TPSA) is 52.1 Å². The van der Waals surface area contributed by atoms with E-state index < -0.39 is 0 Å². The smallest absolute Gasteiger partial charge is 0.161 e. The van der Waals surface area contributed by atoms with Crippen LogP contribution in [0.15, 0.2) is 47.6 Å². The van der Waals surface area contributed by atoms with Crippen LogP contribution >= 0.6 is 0 Å². The van der Waals surface area contributed by atoms with Gasteiger partial charge in [0.2, 0.25) is 0 Å². The molecule has 0 atom stereocenters. The van der Waals surface area contributed by atoms with E-state index in [1.54, 1.807) is 20.4 Å². The van der Waals surface area contributed by atoms with Crippen LogP contribution in [0, 0.1) is 12.3 Å². The van der Waals surface area contributed by atoms with Gasteiger partial charge in [-0.25, -0.2) is 0 Å². The minimum absolute atomic E-state index is 0.264. The minimum Gasteiger partial charge on any atom is -0.493 e. The molecular weight excluding hydrogens is 304 g/mol. The summed E-state index contributed by atoms with van der Waals surface area (Å²) in [4.78, 5) is 0. The zero-order valence-electron chi connectivity index (χ0n) is 13.8. The van der Waals surface area contributed by atoms with Gasteiger partial charge in [-0.05, 0) is 47.5 Å². The third-order valence-corrected chi connectivity index (χ3v) is 3.24. The molecule has 0 unspecified atom stereocenters. The Morgan fingerprint density at radius 3 is 2.50 bits per heavy atom. The molecule has 0 bridgehead atoms. The predicted molar refractivity (Wildman–Crippen MR) is 94.7 cm³/mol. The Labute approximate surface area is 142 Å². The quantitative estimate of drug-likeness (QED) is 0.461. The second-order valence-electron chi connectivity index (χ2n) is 4.84. The highest BCUT2D eigenvalue weighted by Crippen LogP contribution is 2.27. The van der Waals surface area contributed by atoms with E-state index in [9.17, 15) is 0 Å². The molecule has 0 aliphatic heterocycles. The van der Waals surface area contributed by atoms with Crippen molar-refractivity contribution in [3.63, 3.8) is 0 Å². The van der Waals surface area contributed by atoms with Crippen LogP contribution in [0.4, 0.5) is 0 Å². The van der Waals surface area contributed by atoms with Crippen LogP contribution in [0.1, 0.15) is 11.1 Å². The van der Waals surface area contributed by atoms with E-state index in [2.05, 4.69) is 16.4 Å². The highest BCUT2D eigenvalue weighted by atomic mass is 16.5. The van der Waals surface area contributed by atoms with E-state index in [1.807, 2.05) is 42.5 Å². The maximum atomic E-state index is 5.32. The molecule has 124 valence electrons. The van der Waals surface area contributed by atoms with Crippen molar-refractivity contribution in [1.29, 1.82) is 0 Å². The van der Waals surface area contributed by atoms with E-state index in [0.717, 1.165) is 16.9 Å². The van der Waals surface area contributed by atoms with Crippen molar-refractivity contribution < 1.29 is 14.2 Å². The molecule has 0 amide bonds. The van der Waals surface area contributed by atoms with Gasteiger partial charge in [-0.15, -0.1) is 6.42 Å². The predicted octanol–water partition coefficient (Wildman–Crippen LogP) is 2.84. The van der Waals surface area contributed by atoms with Crippen molar-refractivity contribution in [2.24, 2.45) is 5.10 Å². The average molecular weight is 324 g/mol. The Bertz CT molecular complexity index is 718. The first-order valence-electron chi connectivity index (χ1n) is 7.40. The molecule has 0 aliphatic rings. The molecule has 24 heavy (non-hydrogen) atoms. The largest absolute Gasteiger partial charge is 0.493 e. The standard InChI is InChI=1S/C19H20N2O3/c1-4-11-24-17-8-5-15(6-9-17)13-20-21-14-16-7-10-18(22-2)19(12-16)23-3/h1,5-10,12-13,21H,11,14H2,2-3H3/b20-13-. The SMILES string of the molecule is C#CCOc1ccc(/C=N\NCc2ccc(OC)c(OC)c2)cc1. The highest BCUT2D eigenvalue weighted by molar-refractivity contribution is 5.79. The molecular formula is C19H20N2O3. The monoisotopic (exact) mass is 324 g/mol. The molecule has 0 heterocycles. The van der Waals surface area contributed by atoms with Crippen LogP contribution in [-0.4, -0.2) is 27.0 Å². The van der Waals surface area contributed by atoms with Gasteiger partial charge in [-0.3, -0.25) is 0 Å². The molecule has 0 fully saturated rings. The van der Waals surface area contributed by atoms with Gasteiger partial charge < -0.3 is 19.6 Å². The zero-order valence-corrected chi connectivity index (χ0v) is 13.8. The van der Waals surface area contributed by atoms with E-state index in [4.69, 9.17) is 20.6 Å². The van der Waals surface area contributed by atoms with E-state index >= 15 is 0 Å². The number of hydrogen-bond acceptors (Lipinski definition) is 5. The lowest BCUT2D eigenvalue weighted by atomic mass is 10.2. The summed E-state index contributed by atoms with van der Waals surface area (Å²) in [5.74, 6) is 4.57. The zero-order chi connectivity index (χ0) is 17.2. The second-order valence-corrected chi connectivity index (χ2v) is 4.84. The Kier molecular flexibility index (Phi) is 6.54. The van der Waals surface area contributed by atoms with Crippen molar-refractivity contribution >= 4 is 6.21 Å². The molecule has 0 spiro atoms. The Balaban J connectivity index is 1.87. The molecule has 5 heteroatoms. The maximum Gasteiger partial charge on any atom is 0.161 e. The lowest BCUT2D eigenvalue weighted by molar-refractivity contribution is 0.354. The lowest BCUT2D eigenvalue weighted by Gasteiger charge is -2.09. The van der Waals surface area contributed by atoms with Crippen LogP contribution in [0.5, 0.6) is 17.2 Å². The van der Waals surface area contributed by atoms with Crippen LogP contribution in [0.25, 0.3) is 0 Å². The minimum atomic E-state index is 0.264. The molecule has 0 aliphatic carbocycles. The number of hydrazone groups is 1. The third kappa shape index (κ3) is 4.96. The van der Waals surface area contributed by atoms with Crippen LogP contribution in [0.3, 0.4) is 0 Å². The Hall–Kier alpha value is -3.13. The molecule has 1 N–H and O–H groups in total. The van der Waals surface area contributed by atoms with Gasteiger partial charge >= 0.3 is 0 Å². The van der Waals surface area contributed by atoms with E-state index in [0.29, 0.717) is 18.0 Å². The fraction of sp³-hybridized carbons (Fsp3) is 0.211. The summed E-state index contributed by atoms with van der Waals surface area (Å²) < 4.78 is 15.8. The van der Waals surface area contributed by atoms with E-state index in [1.165, 1.54) is 0 Å². The highest BCUT2D eigenvalue weighted by Gasteiger charge is 2.03. The van der Waals surface area contributed by atoms with Crippen LogP contribution in [-0.2, 0) is 6.54 Å². The van der Waals surface area contributed by atoms with Gasteiger partial charge in [0, 0.05) is 0 Å². The van der Waals surface area contributed by atoms with Gasteiger partial charge in [0.1, 0.15) is 12.4 Å². The van der Waals surface area contributed by atoms with Crippen molar-refractivity contribution in [2.45, 2.75) is 6.54 Å². The number of terminal acetylenes is 1. The third-order valence-electron chi connectivity index (χ3n) is 3.24. The number of nitrogens with one attached hydrogen (secondary N) is 1. The number of benzene rings is 2. The fourth-order valence-electron chi connectivity index (χ4n) is 2.02. The summed E-state index contributed by atoms with van der Waals surface area (Å²) in [6.07, 6.45) is 6.89. The van der Waals surface area contributed by atoms with Gasteiger partial charge in [0.25, 0.3) is 0 Å². The average Bonchev–Trinajstić information content (AvgIpc) is 2.64. The number of ether oxygens (including phenoxy) is 3. The summed E-state index contributed by atoms with van der Waals surface area (Å²) in [6, 6.07) is 13.3. The Morgan fingerprint density at radius 2 is 1.83 bits per heavy atom. The second kappa shape index (κ2) is 9.11.